The Labute approximate surface area is 181 Å². The van der Waals surface area contributed by atoms with E-state index >= 15 is 0 Å². The molecule has 1 nitrogen and oxygen atoms in total. The molecule has 0 aromatic rings. The van der Waals surface area contributed by atoms with E-state index in [0.717, 1.165) is 30.2 Å². The van der Waals surface area contributed by atoms with Crippen LogP contribution in [0.2, 0.25) is 0 Å². The zero-order valence-corrected chi connectivity index (χ0v) is 22.0. The van der Waals surface area contributed by atoms with Gasteiger partial charge in [0, 0.05) is 0 Å². The molecule has 0 aromatic heterocycles. The van der Waals surface area contributed by atoms with Gasteiger partial charge in [-0.15, -0.1) is 0 Å². The van der Waals surface area contributed by atoms with Gasteiger partial charge in [0.2, 0.25) is 0 Å². The van der Waals surface area contributed by atoms with Gasteiger partial charge in [0.15, 0.2) is 0 Å². The lowest BCUT2D eigenvalue weighted by molar-refractivity contribution is 0.117. The lowest BCUT2D eigenvalue weighted by Crippen LogP contribution is -2.28. The Hall–Kier alpha value is -0.0400. The average molecular weight is 398 g/mol. The van der Waals surface area contributed by atoms with Crippen LogP contribution in [-0.2, 0) is 0 Å². The second-order valence-corrected chi connectivity index (χ2v) is 11.5. The van der Waals surface area contributed by atoms with Gasteiger partial charge in [-0.3, -0.25) is 0 Å². The minimum absolute atomic E-state index is 0.486. The SMILES string of the molecule is CCC.CCCC(CCC(C)C1CCC(C(C)(C)C)CC1)C(C)(C)C.CCN. The highest BCUT2D eigenvalue weighted by molar-refractivity contribution is 4.83. The third-order valence-electron chi connectivity index (χ3n) is 6.63. The van der Waals surface area contributed by atoms with Crippen molar-refractivity contribution in [3.63, 3.8) is 0 Å². The molecule has 0 amide bonds. The lowest BCUT2D eigenvalue weighted by atomic mass is 9.66. The van der Waals surface area contributed by atoms with E-state index in [1.165, 1.54) is 57.8 Å². The van der Waals surface area contributed by atoms with Crippen molar-refractivity contribution in [3.05, 3.63) is 0 Å². The van der Waals surface area contributed by atoms with E-state index in [9.17, 15) is 0 Å². The van der Waals surface area contributed by atoms with Crippen molar-refractivity contribution in [2.45, 2.75) is 134 Å². The van der Waals surface area contributed by atoms with Gasteiger partial charge in [0.25, 0.3) is 0 Å². The molecule has 1 saturated carbocycles. The molecule has 0 saturated heterocycles. The fraction of sp³-hybridized carbons (Fsp3) is 1.00. The van der Waals surface area contributed by atoms with Gasteiger partial charge < -0.3 is 5.73 Å². The number of hydrogen-bond acceptors (Lipinski definition) is 1. The molecule has 0 heterocycles. The summed E-state index contributed by atoms with van der Waals surface area (Å²) in [6.45, 7) is 26.4. The van der Waals surface area contributed by atoms with Crippen LogP contribution < -0.4 is 5.73 Å². The van der Waals surface area contributed by atoms with Gasteiger partial charge in [-0.1, -0.05) is 102 Å². The maximum absolute atomic E-state index is 4.85. The predicted molar refractivity (Wildman–Crippen MR) is 132 cm³/mol. The molecule has 2 atom stereocenters. The molecular weight excluding hydrogens is 338 g/mol. The van der Waals surface area contributed by atoms with Crippen LogP contribution in [-0.4, -0.2) is 6.54 Å². The van der Waals surface area contributed by atoms with E-state index in [1.807, 2.05) is 6.92 Å². The average Bonchev–Trinajstić information content (AvgIpc) is 2.58. The Bertz CT molecular complexity index is 323. The molecular formula is C27H59N. The van der Waals surface area contributed by atoms with Crippen molar-refractivity contribution in [1.82, 2.24) is 0 Å². The van der Waals surface area contributed by atoms with E-state index in [0.29, 0.717) is 10.8 Å². The first-order valence-electron chi connectivity index (χ1n) is 12.6. The van der Waals surface area contributed by atoms with Gasteiger partial charge in [-0.05, 0) is 73.2 Å². The third kappa shape index (κ3) is 14.0. The van der Waals surface area contributed by atoms with Gasteiger partial charge in [-0.2, -0.15) is 0 Å². The second kappa shape index (κ2) is 15.8. The molecule has 172 valence electrons. The molecule has 28 heavy (non-hydrogen) atoms. The van der Waals surface area contributed by atoms with Crippen LogP contribution in [0, 0.1) is 34.5 Å². The van der Waals surface area contributed by atoms with Gasteiger partial charge in [0.05, 0.1) is 0 Å². The molecule has 0 radical (unpaired) electrons. The third-order valence-corrected chi connectivity index (χ3v) is 6.63. The summed E-state index contributed by atoms with van der Waals surface area (Å²) in [6, 6.07) is 0. The summed E-state index contributed by atoms with van der Waals surface area (Å²) in [6.07, 6.45) is 12.8. The first-order chi connectivity index (χ1) is 12.9. The Morgan fingerprint density at radius 3 is 1.54 bits per heavy atom. The van der Waals surface area contributed by atoms with E-state index < -0.39 is 0 Å². The van der Waals surface area contributed by atoms with E-state index in [2.05, 4.69) is 69.2 Å². The van der Waals surface area contributed by atoms with Crippen LogP contribution in [0.4, 0.5) is 0 Å². The van der Waals surface area contributed by atoms with E-state index in [1.54, 1.807) is 0 Å². The number of hydrogen-bond donors (Lipinski definition) is 1. The van der Waals surface area contributed by atoms with Crippen molar-refractivity contribution in [1.29, 1.82) is 0 Å². The molecule has 2 unspecified atom stereocenters. The smallest absolute Gasteiger partial charge is 0.0106 e. The summed E-state index contributed by atoms with van der Waals surface area (Å²) in [5.74, 6) is 3.80. The van der Waals surface area contributed by atoms with Crippen LogP contribution in [0.5, 0.6) is 0 Å². The fourth-order valence-electron chi connectivity index (χ4n) is 4.61. The molecule has 1 rings (SSSR count). The Morgan fingerprint density at radius 2 is 1.21 bits per heavy atom. The topological polar surface area (TPSA) is 26.0 Å². The normalized spacial score (nSPS) is 22.3. The quantitative estimate of drug-likeness (QED) is 0.475. The molecule has 0 aromatic carbocycles. The van der Waals surface area contributed by atoms with Crippen molar-refractivity contribution in [2.24, 2.45) is 40.2 Å². The predicted octanol–water partition coefficient (Wildman–Crippen LogP) is 9.10. The molecule has 2 N–H and O–H groups in total. The van der Waals surface area contributed by atoms with Crippen molar-refractivity contribution < 1.29 is 0 Å². The molecule has 0 aliphatic heterocycles. The summed E-state index contributed by atoms with van der Waals surface area (Å²) in [7, 11) is 0. The molecule has 1 fully saturated rings. The largest absolute Gasteiger partial charge is 0.331 e. The van der Waals surface area contributed by atoms with Crippen LogP contribution >= 0.6 is 0 Å². The Kier molecular flexibility index (Phi) is 17.0. The molecule has 1 aliphatic carbocycles. The second-order valence-electron chi connectivity index (χ2n) is 11.5. The van der Waals surface area contributed by atoms with Crippen molar-refractivity contribution in [3.8, 4) is 0 Å². The van der Waals surface area contributed by atoms with Gasteiger partial charge >= 0.3 is 0 Å². The van der Waals surface area contributed by atoms with Crippen LogP contribution in [0.1, 0.15) is 134 Å². The zero-order valence-electron chi connectivity index (χ0n) is 22.0. The highest BCUT2D eigenvalue weighted by Gasteiger charge is 2.32. The fourth-order valence-corrected chi connectivity index (χ4v) is 4.61. The van der Waals surface area contributed by atoms with Crippen LogP contribution in [0.15, 0.2) is 0 Å². The number of rotatable bonds is 6. The zero-order chi connectivity index (χ0) is 22.4. The lowest BCUT2D eigenvalue weighted by Gasteiger charge is -2.39. The van der Waals surface area contributed by atoms with E-state index in [4.69, 9.17) is 5.73 Å². The van der Waals surface area contributed by atoms with Gasteiger partial charge in [-0.25, -0.2) is 0 Å². The minimum atomic E-state index is 0.486. The first-order valence-corrected chi connectivity index (χ1v) is 12.6. The maximum Gasteiger partial charge on any atom is -0.0106 e. The highest BCUT2D eigenvalue weighted by Crippen LogP contribution is 2.43. The first kappa shape index (κ1) is 30.2. The summed E-state index contributed by atoms with van der Waals surface area (Å²) >= 11 is 0. The molecule has 0 spiro atoms. The van der Waals surface area contributed by atoms with Crippen LogP contribution in [0.3, 0.4) is 0 Å². The number of nitrogens with two attached hydrogens (primary N) is 1. The molecule has 0 bridgehead atoms. The minimum Gasteiger partial charge on any atom is -0.331 e. The standard InChI is InChI=1S/C22H44.C3H8.C2H7N/c1-9-10-19(21(3,4)5)14-11-17(2)18-12-15-20(16-13-18)22(6,7)8;1-3-2;1-2-3/h17-20H,9-16H2,1-8H3;3H2,1-2H3;2-3H2,1H3. The van der Waals surface area contributed by atoms with Crippen LogP contribution in [0.25, 0.3) is 0 Å². The monoisotopic (exact) mass is 397 g/mol. The summed E-state index contributed by atoms with van der Waals surface area (Å²) in [5.41, 5.74) is 5.85. The highest BCUT2D eigenvalue weighted by atomic mass is 14.5. The Morgan fingerprint density at radius 1 is 0.786 bits per heavy atom. The molecule has 1 aliphatic rings. The van der Waals surface area contributed by atoms with Gasteiger partial charge in [0.1, 0.15) is 0 Å². The Balaban J connectivity index is 0. The van der Waals surface area contributed by atoms with E-state index in [-0.39, 0.29) is 0 Å². The summed E-state index contributed by atoms with van der Waals surface area (Å²) < 4.78 is 0. The maximum atomic E-state index is 4.85. The summed E-state index contributed by atoms with van der Waals surface area (Å²) in [5, 5.41) is 0. The summed E-state index contributed by atoms with van der Waals surface area (Å²) in [4.78, 5) is 0. The van der Waals surface area contributed by atoms with Crippen molar-refractivity contribution >= 4 is 0 Å². The van der Waals surface area contributed by atoms with Crippen molar-refractivity contribution in [2.75, 3.05) is 6.54 Å². The molecule has 1 heteroatoms.